The lowest BCUT2D eigenvalue weighted by Crippen LogP contribution is -2.19. The van der Waals surface area contributed by atoms with Crippen molar-refractivity contribution in [1.29, 1.82) is 0 Å². The normalized spacial score (nSPS) is 32.4. The Labute approximate surface area is 128 Å². The maximum Gasteiger partial charge on any atom is 0.230 e. The van der Waals surface area contributed by atoms with E-state index in [0.29, 0.717) is 34.9 Å². The van der Waals surface area contributed by atoms with E-state index in [9.17, 15) is 4.79 Å². The first-order valence-electron chi connectivity index (χ1n) is 7.49. The van der Waals surface area contributed by atoms with Gasteiger partial charge in [-0.05, 0) is 43.4 Å². The first-order chi connectivity index (χ1) is 10.2. The van der Waals surface area contributed by atoms with Crippen molar-refractivity contribution in [3.63, 3.8) is 0 Å². The van der Waals surface area contributed by atoms with Gasteiger partial charge >= 0.3 is 0 Å². The molecular formula is C16H18ClNO3. The highest BCUT2D eigenvalue weighted by Crippen LogP contribution is 2.75. The quantitative estimate of drug-likeness (QED) is 0.909. The molecule has 112 valence electrons. The maximum absolute atomic E-state index is 12.2. The molecular weight excluding hydrogens is 290 g/mol. The van der Waals surface area contributed by atoms with E-state index in [4.69, 9.17) is 21.1 Å². The standard InChI is InChI=1S/C16H18ClNO3/c17-12-1-2-14(21-9-10-3-4-20-8-10)13(5-12)18-15(19)16-6-11(16)7-16/h1-2,5,10-11H,3-4,6-9H2,(H,18,19). The molecule has 0 radical (unpaired) electrons. The molecule has 0 aromatic heterocycles. The summed E-state index contributed by atoms with van der Waals surface area (Å²) in [6, 6.07) is 5.37. The highest BCUT2D eigenvalue weighted by Gasteiger charge is 2.74. The molecule has 2 saturated carbocycles. The molecule has 3 aliphatic rings. The molecule has 1 amide bonds. The van der Waals surface area contributed by atoms with Crippen LogP contribution in [0.3, 0.4) is 0 Å². The first-order valence-corrected chi connectivity index (χ1v) is 7.87. The van der Waals surface area contributed by atoms with Crippen LogP contribution in [0.2, 0.25) is 5.02 Å². The van der Waals surface area contributed by atoms with Gasteiger partial charge in [0.25, 0.3) is 0 Å². The predicted octanol–water partition coefficient (Wildman–Crippen LogP) is 3.10. The topological polar surface area (TPSA) is 47.6 Å². The molecule has 1 aliphatic heterocycles. The number of rotatable bonds is 5. The van der Waals surface area contributed by atoms with E-state index < -0.39 is 0 Å². The molecule has 2 aliphatic carbocycles. The number of hydrogen-bond acceptors (Lipinski definition) is 3. The van der Waals surface area contributed by atoms with E-state index in [2.05, 4.69) is 5.32 Å². The van der Waals surface area contributed by atoms with Crippen LogP contribution in [0.5, 0.6) is 5.75 Å². The van der Waals surface area contributed by atoms with E-state index >= 15 is 0 Å². The summed E-state index contributed by atoms with van der Waals surface area (Å²) in [6.45, 7) is 2.17. The maximum atomic E-state index is 12.2. The molecule has 21 heavy (non-hydrogen) atoms. The Morgan fingerprint density at radius 1 is 1.48 bits per heavy atom. The fourth-order valence-corrected chi connectivity index (χ4v) is 3.14. The third kappa shape index (κ3) is 2.51. The molecule has 0 spiro atoms. The molecule has 1 aromatic carbocycles. The molecule has 4 nitrogen and oxygen atoms in total. The van der Waals surface area contributed by atoms with Crippen LogP contribution in [0.15, 0.2) is 18.2 Å². The van der Waals surface area contributed by atoms with Crippen LogP contribution in [-0.4, -0.2) is 25.7 Å². The summed E-state index contributed by atoms with van der Waals surface area (Å²) in [5.41, 5.74) is 0.622. The van der Waals surface area contributed by atoms with Gasteiger partial charge in [-0.25, -0.2) is 0 Å². The molecule has 1 saturated heterocycles. The van der Waals surface area contributed by atoms with E-state index in [-0.39, 0.29) is 11.3 Å². The summed E-state index contributed by atoms with van der Waals surface area (Å²) < 4.78 is 11.2. The number of carbonyl (C=O) groups excluding carboxylic acids is 1. The molecule has 5 heteroatoms. The lowest BCUT2D eigenvalue weighted by molar-refractivity contribution is -0.119. The second-order valence-electron chi connectivity index (χ2n) is 6.40. The molecule has 3 fully saturated rings. The smallest absolute Gasteiger partial charge is 0.230 e. The fourth-order valence-electron chi connectivity index (χ4n) is 2.97. The van der Waals surface area contributed by atoms with Gasteiger partial charge < -0.3 is 14.8 Å². The van der Waals surface area contributed by atoms with Crippen LogP contribution in [0, 0.1) is 17.3 Å². The van der Waals surface area contributed by atoms with Crippen LogP contribution in [0.25, 0.3) is 0 Å². The average Bonchev–Trinajstić information content (AvgIpc) is 3.25. The zero-order valence-corrected chi connectivity index (χ0v) is 12.5. The van der Waals surface area contributed by atoms with Gasteiger partial charge in [0.15, 0.2) is 0 Å². The van der Waals surface area contributed by atoms with Gasteiger partial charge in [-0.15, -0.1) is 0 Å². The largest absolute Gasteiger partial charge is 0.491 e. The van der Waals surface area contributed by atoms with E-state index in [1.807, 2.05) is 6.07 Å². The molecule has 1 heterocycles. The summed E-state index contributed by atoms with van der Waals surface area (Å²) >= 11 is 6.04. The van der Waals surface area contributed by atoms with Gasteiger partial charge in [-0.3, -0.25) is 4.79 Å². The predicted molar refractivity (Wildman–Crippen MR) is 79.7 cm³/mol. The molecule has 1 aromatic rings. The lowest BCUT2D eigenvalue weighted by atomic mass is 10.1. The van der Waals surface area contributed by atoms with Crippen molar-refractivity contribution in [3.8, 4) is 5.75 Å². The van der Waals surface area contributed by atoms with Gasteiger partial charge in [0.05, 0.1) is 24.3 Å². The SMILES string of the molecule is O=C(Nc1cc(Cl)ccc1OCC1CCOC1)C12CC1C2. The van der Waals surface area contributed by atoms with Gasteiger partial charge in [-0.2, -0.15) is 0 Å². The fraction of sp³-hybridized carbons (Fsp3) is 0.562. The number of carbonyl (C=O) groups is 1. The summed E-state index contributed by atoms with van der Waals surface area (Å²) in [5, 5.41) is 3.59. The Kier molecular flexibility index (Phi) is 3.12. The zero-order valence-electron chi connectivity index (χ0n) is 11.7. The Balaban J connectivity index is 1.45. The molecule has 1 N–H and O–H groups in total. The van der Waals surface area contributed by atoms with Crippen molar-refractivity contribution in [2.24, 2.45) is 17.3 Å². The Hall–Kier alpha value is -1.26. The number of nitrogens with one attached hydrogen (secondary N) is 1. The van der Waals surface area contributed by atoms with Crippen LogP contribution < -0.4 is 10.1 Å². The van der Waals surface area contributed by atoms with E-state index in [1.165, 1.54) is 0 Å². The minimum atomic E-state index is -0.0567. The number of hydrogen-bond donors (Lipinski definition) is 1. The Morgan fingerprint density at radius 2 is 2.29 bits per heavy atom. The van der Waals surface area contributed by atoms with Crippen LogP contribution >= 0.6 is 11.6 Å². The van der Waals surface area contributed by atoms with Crippen molar-refractivity contribution >= 4 is 23.2 Å². The van der Waals surface area contributed by atoms with Crippen LogP contribution in [-0.2, 0) is 9.53 Å². The Morgan fingerprint density at radius 3 is 2.95 bits per heavy atom. The van der Waals surface area contributed by atoms with Gasteiger partial charge in [0.2, 0.25) is 5.91 Å². The van der Waals surface area contributed by atoms with Crippen molar-refractivity contribution in [2.45, 2.75) is 19.3 Å². The zero-order chi connectivity index (χ0) is 14.4. The lowest BCUT2D eigenvalue weighted by Gasteiger charge is -2.15. The van der Waals surface area contributed by atoms with Crippen molar-refractivity contribution in [3.05, 3.63) is 23.2 Å². The van der Waals surface area contributed by atoms with Crippen molar-refractivity contribution in [1.82, 2.24) is 0 Å². The summed E-state index contributed by atoms with van der Waals surface area (Å²) in [5.74, 6) is 1.86. The molecule has 4 rings (SSSR count). The second-order valence-corrected chi connectivity index (χ2v) is 6.83. The summed E-state index contributed by atoms with van der Waals surface area (Å²) in [4.78, 5) is 12.2. The number of ether oxygens (including phenoxy) is 2. The number of anilines is 1. The summed E-state index contributed by atoms with van der Waals surface area (Å²) in [7, 11) is 0. The van der Waals surface area contributed by atoms with Crippen LogP contribution in [0.4, 0.5) is 5.69 Å². The molecule has 1 unspecified atom stereocenters. The van der Waals surface area contributed by atoms with Crippen LogP contribution in [0.1, 0.15) is 19.3 Å². The number of benzene rings is 1. The number of fused-ring (bicyclic) bond motifs is 1. The number of halogens is 1. The minimum absolute atomic E-state index is 0.0567. The number of amides is 1. The monoisotopic (exact) mass is 307 g/mol. The third-order valence-electron chi connectivity index (χ3n) is 4.82. The first kappa shape index (κ1) is 13.4. The van der Waals surface area contributed by atoms with E-state index in [0.717, 1.165) is 32.5 Å². The van der Waals surface area contributed by atoms with Gasteiger partial charge in [0, 0.05) is 17.5 Å². The molecule has 1 atom stereocenters. The second kappa shape index (κ2) is 4.89. The average molecular weight is 308 g/mol. The summed E-state index contributed by atoms with van der Waals surface area (Å²) in [6.07, 6.45) is 3.10. The highest BCUT2D eigenvalue weighted by molar-refractivity contribution is 6.31. The van der Waals surface area contributed by atoms with E-state index in [1.54, 1.807) is 12.1 Å². The molecule has 0 bridgehead atoms. The third-order valence-corrected chi connectivity index (χ3v) is 5.06. The van der Waals surface area contributed by atoms with Crippen molar-refractivity contribution in [2.75, 3.05) is 25.1 Å². The van der Waals surface area contributed by atoms with Gasteiger partial charge in [-0.1, -0.05) is 11.6 Å². The minimum Gasteiger partial charge on any atom is -0.491 e. The Bertz CT molecular complexity index is 577. The van der Waals surface area contributed by atoms with Gasteiger partial charge in [0.1, 0.15) is 5.75 Å². The highest BCUT2D eigenvalue weighted by atomic mass is 35.5. The van der Waals surface area contributed by atoms with Crippen molar-refractivity contribution < 1.29 is 14.3 Å².